The Labute approximate surface area is 157 Å². The van der Waals surface area contributed by atoms with Gasteiger partial charge in [-0.1, -0.05) is 60.7 Å². The molecule has 0 amide bonds. The maximum absolute atomic E-state index is 13.2. The zero-order valence-electron chi connectivity index (χ0n) is 15.0. The fourth-order valence-electron chi connectivity index (χ4n) is 3.37. The Morgan fingerprint density at radius 2 is 1.11 bits per heavy atom. The molecule has 2 aromatic rings. The van der Waals surface area contributed by atoms with Crippen molar-refractivity contribution in [3.05, 3.63) is 71.8 Å². The molecule has 0 bridgehead atoms. The molecule has 6 nitrogen and oxygen atoms in total. The van der Waals surface area contributed by atoms with Crippen LogP contribution in [-0.2, 0) is 28.6 Å². The molecule has 1 fully saturated rings. The summed E-state index contributed by atoms with van der Waals surface area (Å²) in [5, 5.41) is 0. The van der Waals surface area contributed by atoms with E-state index >= 15 is 0 Å². The summed E-state index contributed by atoms with van der Waals surface area (Å²) in [4.78, 5) is 38.0. The van der Waals surface area contributed by atoms with Gasteiger partial charge >= 0.3 is 11.9 Å². The molecule has 1 aliphatic heterocycles. The summed E-state index contributed by atoms with van der Waals surface area (Å²) in [6.07, 6.45) is -1.73. The van der Waals surface area contributed by atoms with E-state index in [1.807, 2.05) is 12.1 Å². The molecular formula is C21H20O6. The van der Waals surface area contributed by atoms with Gasteiger partial charge in [0.25, 0.3) is 0 Å². The van der Waals surface area contributed by atoms with Crippen molar-refractivity contribution >= 4 is 17.7 Å². The Morgan fingerprint density at radius 1 is 0.741 bits per heavy atom. The van der Waals surface area contributed by atoms with Crippen molar-refractivity contribution in [3.63, 3.8) is 0 Å². The molecule has 0 spiro atoms. The molecule has 140 valence electrons. The lowest BCUT2D eigenvalue weighted by molar-refractivity contribution is -0.184. The van der Waals surface area contributed by atoms with E-state index in [9.17, 15) is 14.4 Å². The number of esters is 2. The summed E-state index contributed by atoms with van der Waals surface area (Å²) < 4.78 is 15.8. The van der Waals surface area contributed by atoms with Crippen molar-refractivity contribution in [2.45, 2.75) is 12.2 Å². The Morgan fingerprint density at radius 3 is 1.44 bits per heavy atom. The Bertz CT molecular complexity index is 750. The Kier molecular flexibility index (Phi) is 5.66. The molecule has 0 N–H and O–H groups in total. The van der Waals surface area contributed by atoms with Gasteiger partial charge in [-0.3, -0.25) is 14.4 Å². The van der Waals surface area contributed by atoms with Crippen LogP contribution in [0.4, 0.5) is 0 Å². The van der Waals surface area contributed by atoms with Crippen LogP contribution in [0.1, 0.15) is 23.3 Å². The van der Waals surface area contributed by atoms with Crippen molar-refractivity contribution in [1.29, 1.82) is 0 Å². The second-order valence-corrected chi connectivity index (χ2v) is 6.20. The van der Waals surface area contributed by atoms with E-state index in [-0.39, 0.29) is 0 Å². The fourth-order valence-corrected chi connectivity index (χ4v) is 3.37. The second kappa shape index (κ2) is 8.14. The highest BCUT2D eigenvalue weighted by Gasteiger charge is 2.53. The van der Waals surface area contributed by atoms with Gasteiger partial charge < -0.3 is 14.2 Å². The molecule has 0 aromatic heterocycles. The van der Waals surface area contributed by atoms with Crippen LogP contribution in [0, 0.1) is 11.8 Å². The highest BCUT2D eigenvalue weighted by atomic mass is 16.5. The lowest BCUT2D eigenvalue weighted by atomic mass is 9.78. The molecule has 0 aliphatic carbocycles. The average molecular weight is 368 g/mol. The largest absolute Gasteiger partial charge is 0.468 e. The second-order valence-electron chi connectivity index (χ2n) is 6.20. The molecule has 6 heteroatoms. The van der Waals surface area contributed by atoms with Crippen LogP contribution >= 0.6 is 0 Å². The monoisotopic (exact) mass is 368 g/mol. The molecule has 27 heavy (non-hydrogen) atoms. The molecule has 1 saturated heterocycles. The highest BCUT2D eigenvalue weighted by Crippen LogP contribution is 2.44. The number of hydrogen-bond donors (Lipinski definition) is 0. The van der Waals surface area contributed by atoms with Crippen molar-refractivity contribution in [2.24, 2.45) is 11.8 Å². The number of rotatable bonds is 4. The standard InChI is InChI=1S/C21H20O6/c1-25-20(23)15-17(22)16(21(24)26-2)19(14-11-7-4-8-12-14)27-18(15)13-9-5-3-6-10-13/h3-12,15-16,18-19H,1-2H3. The van der Waals surface area contributed by atoms with Gasteiger partial charge in [0.05, 0.1) is 14.2 Å². The predicted molar refractivity (Wildman–Crippen MR) is 95.5 cm³/mol. The van der Waals surface area contributed by atoms with Crippen molar-refractivity contribution < 1.29 is 28.6 Å². The molecule has 3 rings (SSSR count). The van der Waals surface area contributed by atoms with E-state index in [4.69, 9.17) is 14.2 Å². The Hall–Kier alpha value is -2.99. The lowest BCUT2D eigenvalue weighted by Crippen LogP contribution is -2.47. The molecule has 1 aliphatic rings. The minimum atomic E-state index is -1.25. The predicted octanol–water partition coefficient (Wildman–Crippen LogP) is 2.65. The third-order valence-corrected chi connectivity index (χ3v) is 4.68. The van der Waals surface area contributed by atoms with E-state index < -0.39 is 41.8 Å². The number of carbonyl (C=O) groups excluding carboxylic acids is 3. The highest BCUT2D eigenvalue weighted by molar-refractivity contribution is 6.09. The third-order valence-electron chi connectivity index (χ3n) is 4.68. The third kappa shape index (κ3) is 3.61. The minimum Gasteiger partial charge on any atom is -0.468 e. The SMILES string of the molecule is COC(=O)C1C(=O)C(C(=O)OC)C(c2ccccc2)OC1c1ccccc1. The summed E-state index contributed by atoms with van der Waals surface area (Å²) in [6.45, 7) is 0. The van der Waals surface area contributed by atoms with E-state index in [1.165, 1.54) is 14.2 Å². The number of ether oxygens (including phenoxy) is 3. The van der Waals surface area contributed by atoms with Crippen LogP contribution in [0.2, 0.25) is 0 Å². The first-order chi connectivity index (χ1) is 13.1. The average Bonchev–Trinajstić information content (AvgIpc) is 2.73. The van der Waals surface area contributed by atoms with Crippen molar-refractivity contribution in [1.82, 2.24) is 0 Å². The fraction of sp³-hybridized carbons (Fsp3) is 0.286. The number of Topliss-reactive ketones (excluding diaryl/α,β-unsaturated/α-hetero) is 1. The van der Waals surface area contributed by atoms with E-state index in [0.717, 1.165) is 0 Å². The smallest absolute Gasteiger partial charge is 0.319 e. The summed E-state index contributed by atoms with van der Waals surface area (Å²) in [7, 11) is 2.40. The number of carbonyl (C=O) groups is 3. The van der Waals surface area contributed by atoms with Gasteiger partial charge in [0.2, 0.25) is 0 Å². The van der Waals surface area contributed by atoms with Gasteiger partial charge in [0.15, 0.2) is 5.78 Å². The summed E-state index contributed by atoms with van der Waals surface area (Å²) in [5.41, 5.74) is 1.32. The Balaban J connectivity index is 2.10. The quantitative estimate of drug-likeness (QED) is 0.610. The molecule has 0 radical (unpaired) electrons. The molecule has 4 unspecified atom stereocenters. The zero-order valence-corrected chi connectivity index (χ0v) is 15.0. The van der Waals surface area contributed by atoms with Crippen LogP contribution < -0.4 is 0 Å². The van der Waals surface area contributed by atoms with Gasteiger partial charge in [-0.25, -0.2) is 0 Å². The van der Waals surface area contributed by atoms with E-state index in [0.29, 0.717) is 11.1 Å². The van der Waals surface area contributed by atoms with E-state index in [1.54, 1.807) is 48.5 Å². The molecule has 1 heterocycles. The molecular weight excluding hydrogens is 348 g/mol. The van der Waals surface area contributed by atoms with Crippen molar-refractivity contribution in [3.8, 4) is 0 Å². The first-order valence-corrected chi connectivity index (χ1v) is 8.53. The topological polar surface area (TPSA) is 78.9 Å². The number of methoxy groups -OCH3 is 2. The number of benzene rings is 2. The first-order valence-electron chi connectivity index (χ1n) is 8.53. The van der Waals surface area contributed by atoms with Crippen LogP contribution in [0.25, 0.3) is 0 Å². The van der Waals surface area contributed by atoms with Crippen molar-refractivity contribution in [2.75, 3.05) is 14.2 Å². The zero-order chi connectivity index (χ0) is 19.4. The van der Waals surface area contributed by atoms with Crippen LogP contribution in [-0.4, -0.2) is 31.9 Å². The van der Waals surface area contributed by atoms with Gasteiger partial charge in [0, 0.05) is 0 Å². The van der Waals surface area contributed by atoms with Crippen LogP contribution in [0.3, 0.4) is 0 Å². The first kappa shape index (κ1) is 18.8. The summed E-state index contributed by atoms with van der Waals surface area (Å²) >= 11 is 0. The van der Waals surface area contributed by atoms with Crippen LogP contribution in [0.5, 0.6) is 0 Å². The minimum absolute atomic E-state index is 0.567. The summed E-state index contributed by atoms with van der Waals surface area (Å²) in [6, 6.07) is 17.9. The van der Waals surface area contributed by atoms with Gasteiger partial charge in [-0.15, -0.1) is 0 Å². The summed E-state index contributed by atoms with van der Waals surface area (Å²) in [5.74, 6) is -4.55. The van der Waals surface area contributed by atoms with Gasteiger partial charge in [-0.2, -0.15) is 0 Å². The number of hydrogen-bond acceptors (Lipinski definition) is 6. The normalized spacial score (nSPS) is 24.9. The molecule has 4 atom stereocenters. The van der Waals surface area contributed by atoms with Gasteiger partial charge in [0.1, 0.15) is 24.0 Å². The van der Waals surface area contributed by atoms with Gasteiger partial charge in [-0.05, 0) is 11.1 Å². The maximum Gasteiger partial charge on any atom is 0.319 e. The maximum atomic E-state index is 13.2. The van der Waals surface area contributed by atoms with Crippen LogP contribution in [0.15, 0.2) is 60.7 Å². The molecule has 2 aromatic carbocycles. The number of ketones is 1. The lowest BCUT2D eigenvalue weighted by Gasteiger charge is -2.38. The molecule has 0 saturated carbocycles. The van der Waals surface area contributed by atoms with E-state index in [2.05, 4.69) is 0 Å².